The highest BCUT2D eigenvalue weighted by Gasteiger charge is 2.21. The van der Waals surface area contributed by atoms with Crippen LogP contribution in [0.4, 0.5) is 5.69 Å². The number of hydrogen-bond acceptors (Lipinski definition) is 4. The number of primary amides is 1. The monoisotopic (exact) mass is 369 g/mol. The van der Waals surface area contributed by atoms with Crippen molar-refractivity contribution >= 4 is 23.4 Å². The molecule has 0 aliphatic carbocycles. The highest BCUT2D eigenvalue weighted by atomic mass is 16.5. The molecule has 3 amide bonds. The van der Waals surface area contributed by atoms with Crippen LogP contribution in [0.1, 0.15) is 41.4 Å². The van der Waals surface area contributed by atoms with E-state index >= 15 is 0 Å². The Morgan fingerprint density at radius 3 is 2.48 bits per heavy atom. The second kappa shape index (κ2) is 8.84. The molecule has 0 saturated carbocycles. The zero-order chi connectivity index (χ0) is 20.0. The van der Waals surface area contributed by atoms with Crippen LogP contribution in [0, 0.1) is 6.92 Å². The molecule has 0 aliphatic heterocycles. The van der Waals surface area contributed by atoms with Gasteiger partial charge in [0, 0.05) is 5.56 Å². The summed E-state index contributed by atoms with van der Waals surface area (Å²) in [6.07, 6.45) is 0. The number of amides is 3. The van der Waals surface area contributed by atoms with Crippen molar-refractivity contribution in [2.45, 2.75) is 26.8 Å². The molecule has 2 rings (SSSR count). The Balaban J connectivity index is 2.12. The lowest BCUT2D eigenvalue weighted by molar-refractivity contribution is -0.136. The molecule has 1 atom stereocenters. The van der Waals surface area contributed by atoms with E-state index in [0.717, 1.165) is 11.1 Å². The van der Waals surface area contributed by atoms with Gasteiger partial charge < -0.3 is 21.1 Å². The summed E-state index contributed by atoms with van der Waals surface area (Å²) in [6, 6.07) is 11.4. The molecule has 0 aromatic heterocycles. The molecule has 1 unspecified atom stereocenters. The van der Waals surface area contributed by atoms with E-state index < -0.39 is 23.8 Å². The molecule has 27 heavy (non-hydrogen) atoms. The minimum Gasteiger partial charge on any atom is -0.494 e. The molecule has 0 bridgehead atoms. The minimum atomic E-state index is -0.888. The molecule has 7 heteroatoms. The van der Waals surface area contributed by atoms with Gasteiger partial charge in [-0.3, -0.25) is 14.4 Å². The number of hydrogen-bond donors (Lipinski definition) is 3. The third kappa shape index (κ3) is 5.07. The lowest BCUT2D eigenvalue weighted by Gasteiger charge is -2.18. The van der Waals surface area contributed by atoms with Crippen molar-refractivity contribution in [2.24, 2.45) is 5.73 Å². The summed E-state index contributed by atoms with van der Waals surface area (Å²) in [6.45, 7) is 6.05. The first-order valence-corrected chi connectivity index (χ1v) is 8.57. The predicted molar refractivity (Wildman–Crippen MR) is 102 cm³/mol. The largest absolute Gasteiger partial charge is 0.494 e. The summed E-state index contributed by atoms with van der Waals surface area (Å²) >= 11 is 0. The third-order valence-electron chi connectivity index (χ3n) is 3.93. The van der Waals surface area contributed by atoms with Crippen LogP contribution in [0.5, 0.6) is 5.75 Å². The van der Waals surface area contributed by atoms with E-state index in [4.69, 9.17) is 10.5 Å². The number of para-hydroxylation sites is 1. The van der Waals surface area contributed by atoms with E-state index in [2.05, 4.69) is 10.6 Å². The number of ether oxygens (including phenoxy) is 1. The number of carbonyl (C=O) groups excluding carboxylic acids is 3. The van der Waals surface area contributed by atoms with Gasteiger partial charge in [-0.25, -0.2) is 0 Å². The fourth-order valence-corrected chi connectivity index (χ4v) is 2.62. The fourth-order valence-electron chi connectivity index (χ4n) is 2.62. The van der Waals surface area contributed by atoms with Gasteiger partial charge in [-0.2, -0.15) is 0 Å². The normalized spacial score (nSPS) is 11.4. The topological polar surface area (TPSA) is 111 Å². The quantitative estimate of drug-likeness (QED) is 0.679. The highest BCUT2D eigenvalue weighted by molar-refractivity contribution is 6.40. The van der Waals surface area contributed by atoms with Crippen LogP contribution in [0.2, 0.25) is 0 Å². The summed E-state index contributed by atoms with van der Waals surface area (Å²) in [7, 11) is 0. The second-order valence-electron chi connectivity index (χ2n) is 6.03. The predicted octanol–water partition coefficient (Wildman–Crippen LogP) is 2.31. The molecule has 0 spiro atoms. The average Bonchev–Trinajstić information content (AvgIpc) is 2.63. The molecule has 0 heterocycles. The van der Waals surface area contributed by atoms with Gasteiger partial charge in [-0.15, -0.1) is 0 Å². The van der Waals surface area contributed by atoms with Crippen LogP contribution in [-0.4, -0.2) is 24.3 Å². The first kappa shape index (κ1) is 20.0. The molecule has 0 radical (unpaired) electrons. The minimum absolute atomic E-state index is 0.129. The summed E-state index contributed by atoms with van der Waals surface area (Å²) < 4.78 is 5.59. The maximum absolute atomic E-state index is 12.3. The van der Waals surface area contributed by atoms with Crippen LogP contribution >= 0.6 is 0 Å². The van der Waals surface area contributed by atoms with Crippen LogP contribution in [-0.2, 0) is 9.59 Å². The molecule has 0 saturated heterocycles. The first-order chi connectivity index (χ1) is 12.8. The smallest absolute Gasteiger partial charge is 0.313 e. The SMILES string of the molecule is CCOc1ccc(C)cc1C(C)NC(=O)C(=O)Nc1ccccc1C(N)=O. The Hall–Kier alpha value is -3.35. The van der Waals surface area contributed by atoms with Gasteiger partial charge in [0.05, 0.1) is 23.9 Å². The molecule has 0 fully saturated rings. The molecule has 4 N–H and O–H groups in total. The van der Waals surface area contributed by atoms with E-state index in [1.807, 2.05) is 32.0 Å². The Labute approximate surface area is 157 Å². The van der Waals surface area contributed by atoms with Crippen LogP contribution in [0.3, 0.4) is 0 Å². The van der Waals surface area contributed by atoms with E-state index in [-0.39, 0.29) is 11.3 Å². The van der Waals surface area contributed by atoms with Gasteiger partial charge in [0.2, 0.25) is 0 Å². The van der Waals surface area contributed by atoms with Gasteiger partial charge in [0.15, 0.2) is 0 Å². The zero-order valence-electron chi connectivity index (χ0n) is 15.5. The lowest BCUT2D eigenvalue weighted by Crippen LogP contribution is -2.37. The maximum atomic E-state index is 12.3. The molecule has 0 aliphatic rings. The van der Waals surface area contributed by atoms with Crippen molar-refractivity contribution < 1.29 is 19.1 Å². The lowest BCUT2D eigenvalue weighted by atomic mass is 10.0. The standard InChI is InChI=1S/C20H23N3O4/c1-4-27-17-10-9-12(2)11-15(17)13(3)22-19(25)20(26)23-16-8-6-5-7-14(16)18(21)24/h5-11,13H,4H2,1-3H3,(H2,21,24)(H,22,25)(H,23,26). The Morgan fingerprint density at radius 2 is 1.81 bits per heavy atom. The number of benzene rings is 2. The van der Waals surface area contributed by atoms with E-state index in [0.29, 0.717) is 12.4 Å². The van der Waals surface area contributed by atoms with Crippen molar-refractivity contribution in [1.29, 1.82) is 0 Å². The number of nitrogens with two attached hydrogens (primary N) is 1. The Morgan fingerprint density at radius 1 is 1.11 bits per heavy atom. The Kier molecular flexibility index (Phi) is 6.54. The van der Waals surface area contributed by atoms with Crippen molar-refractivity contribution in [1.82, 2.24) is 5.32 Å². The van der Waals surface area contributed by atoms with Crippen LogP contribution < -0.4 is 21.1 Å². The molecular weight excluding hydrogens is 346 g/mol. The number of anilines is 1. The van der Waals surface area contributed by atoms with Gasteiger partial charge in [0.1, 0.15) is 5.75 Å². The molecular formula is C20H23N3O4. The van der Waals surface area contributed by atoms with E-state index in [9.17, 15) is 14.4 Å². The Bertz CT molecular complexity index is 864. The number of carbonyl (C=O) groups is 3. The number of rotatable bonds is 6. The third-order valence-corrected chi connectivity index (χ3v) is 3.93. The van der Waals surface area contributed by atoms with Crippen molar-refractivity contribution in [3.63, 3.8) is 0 Å². The molecule has 2 aromatic carbocycles. The van der Waals surface area contributed by atoms with Gasteiger partial charge in [-0.1, -0.05) is 29.8 Å². The van der Waals surface area contributed by atoms with Gasteiger partial charge >= 0.3 is 11.8 Å². The summed E-state index contributed by atoms with van der Waals surface area (Å²) in [4.78, 5) is 35.9. The van der Waals surface area contributed by atoms with Gasteiger partial charge in [-0.05, 0) is 39.0 Å². The average molecular weight is 369 g/mol. The van der Waals surface area contributed by atoms with E-state index in [1.54, 1.807) is 19.1 Å². The highest BCUT2D eigenvalue weighted by Crippen LogP contribution is 2.26. The summed E-state index contributed by atoms with van der Waals surface area (Å²) in [5.41, 5.74) is 7.37. The molecule has 2 aromatic rings. The molecule has 142 valence electrons. The van der Waals surface area contributed by atoms with Gasteiger partial charge in [0.25, 0.3) is 5.91 Å². The maximum Gasteiger partial charge on any atom is 0.313 e. The van der Waals surface area contributed by atoms with Crippen molar-refractivity contribution in [3.8, 4) is 5.75 Å². The van der Waals surface area contributed by atoms with Crippen molar-refractivity contribution in [3.05, 3.63) is 59.2 Å². The van der Waals surface area contributed by atoms with Crippen LogP contribution in [0.15, 0.2) is 42.5 Å². The first-order valence-electron chi connectivity index (χ1n) is 8.57. The number of aryl methyl sites for hydroxylation is 1. The fraction of sp³-hybridized carbons (Fsp3) is 0.250. The summed E-state index contributed by atoms with van der Waals surface area (Å²) in [5, 5.41) is 5.06. The van der Waals surface area contributed by atoms with E-state index in [1.165, 1.54) is 12.1 Å². The second-order valence-corrected chi connectivity index (χ2v) is 6.03. The van der Waals surface area contributed by atoms with Crippen LogP contribution in [0.25, 0.3) is 0 Å². The zero-order valence-corrected chi connectivity index (χ0v) is 15.5. The van der Waals surface area contributed by atoms with Crippen molar-refractivity contribution in [2.75, 3.05) is 11.9 Å². The molecule has 7 nitrogen and oxygen atoms in total. The number of nitrogens with one attached hydrogen (secondary N) is 2. The summed E-state index contributed by atoms with van der Waals surface area (Å²) in [5.74, 6) is -1.76.